The Labute approximate surface area is 144 Å². The number of thioether (sulfide) groups is 1. The highest BCUT2D eigenvalue weighted by Gasteiger charge is 2.42. The molecular formula is C17H21N4O2S+. The maximum absolute atomic E-state index is 12.7. The molecule has 0 radical (unpaired) electrons. The molecule has 1 aromatic carbocycles. The van der Waals surface area contributed by atoms with E-state index in [9.17, 15) is 9.59 Å². The van der Waals surface area contributed by atoms with Gasteiger partial charge in [-0.1, -0.05) is 42.4 Å². The average Bonchev–Trinajstić information content (AvgIpc) is 2.57. The minimum absolute atomic E-state index is 0.0581. The van der Waals surface area contributed by atoms with Gasteiger partial charge in [0.2, 0.25) is 11.1 Å². The Morgan fingerprint density at radius 2 is 2.12 bits per heavy atom. The van der Waals surface area contributed by atoms with E-state index in [1.54, 1.807) is 16.5 Å². The van der Waals surface area contributed by atoms with Gasteiger partial charge in [-0.3, -0.25) is 19.5 Å². The molecule has 0 fully saturated rings. The van der Waals surface area contributed by atoms with Gasteiger partial charge in [0.1, 0.15) is 0 Å². The SMILES string of the molecule is CCCSc1n[n+]2c(c(=O)[nH]1)-c1ccccc1N(C(C)=O)C2CC. The maximum atomic E-state index is 12.7. The largest absolute Gasteiger partial charge is 0.325 e. The van der Waals surface area contributed by atoms with E-state index in [0.29, 0.717) is 17.3 Å². The number of aromatic nitrogens is 3. The van der Waals surface area contributed by atoms with Crippen LogP contribution in [-0.2, 0) is 4.79 Å². The van der Waals surface area contributed by atoms with E-state index < -0.39 is 0 Å². The molecule has 0 bridgehead atoms. The highest BCUT2D eigenvalue weighted by Crippen LogP contribution is 2.35. The first-order valence-electron chi connectivity index (χ1n) is 8.16. The van der Waals surface area contributed by atoms with Crippen molar-refractivity contribution >= 4 is 23.4 Å². The van der Waals surface area contributed by atoms with Crippen LogP contribution in [0, 0.1) is 0 Å². The monoisotopic (exact) mass is 345 g/mol. The van der Waals surface area contributed by atoms with E-state index in [4.69, 9.17) is 0 Å². The molecule has 1 aromatic heterocycles. The molecule has 2 heterocycles. The van der Waals surface area contributed by atoms with Crippen LogP contribution >= 0.6 is 11.8 Å². The molecular weight excluding hydrogens is 324 g/mol. The number of hydrogen-bond donors (Lipinski definition) is 1. The normalized spacial score (nSPS) is 15.8. The van der Waals surface area contributed by atoms with Crippen molar-refractivity contribution in [3.05, 3.63) is 34.6 Å². The summed E-state index contributed by atoms with van der Waals surface area (Å²) >= 11 is 1.52. The van der Waals surface area contributed by atoms with Crippen LogP contribution in [0.3, 0.4) is 0 Å². The second-order valence-corrected chi connectivity index (χ2v) is 6.78. The van der Waals surface area contributed by atoms with E-state index in [0.717, 1.165) is 23.4 Å². The van der Waals surface area contributed by atoms with Crippen molar-refractivity contribution in [2.45, 2.75) is 44.9 Å². The molecule has 0 spiro atoms. The minimum Gasteiger partial charge on any atom is -0.291 e. The number of rotatable bonds is 4. The summed E-state index contributed by atoms with van der Waals surface area (Å²) in [5.41, 5.74) is 1.84. The highest BCUT2D eigenvalue weighted by atomic mass is 32.2. The van der Waals surface area contributed by atoms with Crippen LogP contribution in [0.15, 0.2) is 34.2 Å². The van der Waals surface area contributed by atoms with Crippen LogP contribution in [0.2, 0.25) is 0 Å². The molecule has 6 nitrogen and oxygen atoms in total. The number of carbonyl (C=O) groups is 1. The van der Waals surface area contributed by atoms with Crippen molar-refractivity contribution in [2.75, 3.05) is 10.7 Å². The van der Waals surface area contributed by atoms with Crippen molar-refractivity contribution in [3.63, 3.8) is 0 Å². The summed E-state index contributed by atoms with van der Waals surface area (Å²) in [7, 11) is 0. The number of para-hydroxylation sites is 1. The number of nitrogens with zero attached hydrogens (tertiary/aromatic N) is 3. The molecule has 1 amide bonds. The third kappa shape index (κ3) is 2.73. The second kappa shape index (κ2) is 6.76. The topological polar surface area (TPSA) is 69.9 Å². The van der Waals surface area contributed by atoms with Crippen LogP contribution in [0.4, 0.5) is 5.69 Å². The lowest BCUT2D eigenvalue weighted by atomic mass is 10.0. The van der Waals surface area contributed by atoms with Crippen LogP contribution in [-0.4, -0.2) is 21.7 Å². The fraction of sp³-hybridized carbons (Fsp3) is 0.412. The fourth-order valence-electron chi connectivity index (χ4n) is 3.05. The lowest BCUT2D eigenvalue weighted by molar-refractivity contribution is -0.771. The molecule has 2 aromatic rings. The lowest BCUT2D eigenvalue weighted by Gasteiger charge is -2.30. The predicted molar refractivity (Wildman–Crippen MR) is 94.0 cm³/mol. The number of benzene rings is 1. The molecule has 1 aliphatic heterocycles. The van der Waals surface area contributed by atoms with Gasteiger partial charge in [0.25, 0.3) is 6.17 Å². The quantitative estimate of drug-likeness (QED) is 0.683. The number of fused-ring (bicyclic) bond motifs is 3. The van der Waals surface area contributed by atoms with Gasteiger partial charge in [-0.05, 0) is 18.6 Å². The number of amides is 1. The van der Waals surface area contributed by atoms with Gasteiger partial charge >= 0.3 is 11.3 Å². The summed E-state index contributed by atoms with van der Waals surface area (Å²) < 4.78 is 1.71. The number of anilines is 1. The molecule has 1 aliphatic rings. The predicted octanol–water partition coefficient (Wildman–Crippen LogP) is 2.50. The molecule has 7 heteroatoms. The molecule has 0 saturated heterocycles. The van der Waals surface area contributed by atoms with E-state index in [1.165, 1.54) is 11.8 Å². The molecule has 0 aliphatic carbocycles. The number of nitrogens with one attached hydrogen (secondary N) is 1. The van der Waals surface area contributed by atoms with Gasteiger partial charge in [-0.15, -0.1) is 0 Å². The van der Waals surface area contributed by atoms with E-state index >= 15 is 0 Å². The Balaban J connectivity index is 2.25. The Hall–Kier alpha value is -2.15. The zero-order chi connectivity index (χ0) is 17.3. The number of H-pyrrole nitrogens is 1. The molecule has 1 unspecified atom stereocenters. The summed E-state index contributed by atoms with van der Waals surface area (Å²) in [6.45, 7) is 5.62. The van der Waals surface area contributed by atoms with Gasteiger partial charge in [-0.25, -0.2) is 0 Å². The van der Waals surface area contributed by atoms with E-state index in [1.807, 2.05) is 31.2 Å². The third-order valence-corrected chi connectivity index (χ3v) is 5.08. The summed E-state index contributed by atoms with van der Waals surface area (Å²) in [6.07, 6.45) is 1.37. The highest BCUT2D eigenvalue weighted by molar-refractivity contribution is 7.99. The van der Waals surface area contributed by atoms with Crippen molar-refractivity contribution < 1.29 is 9.48 Å². The Kier molecular flexibility index (Phi) is 4.71. The zero-order valence-electron chi connectivity index (χ0n) is 14.1. The Morgan fingerprint density at radius 1 is 1.38 bits per heavy atom. The first-order chi connectivity index (χ1) is 11.6. The number of aromatic amines is 1. The second-order valence-electron chi connectivity index (χ2n) is 5.70. The molecule has 3 rings (SSSR count). The first kappa shape index (κ1) is 16.7. The van der Waals surface area contributed by atoms with Crippen LogP contribution < -0.4 is 15.1 Å². The van der Waals surface area contributed by atoms with Crippen molar-refractivity contribution in [3.8, 4) is 11.3 Å². The maximum Gasteiger partial charge on any atom is 0.325 e. The van der Waals surface area contributed by atoms with Gasteiger partial charge in [-0.2, -0.15) is 0 Å². The minimum atomic E-state index is -0.296. The van der Waals surface area contributed by atoms with Crippen LogP contribution in [0.1, 0.15) is 39.8 Å². The van der Waals surface area contributed by atoms with Crippen LogP contribution in [0.25, 0.3) is 11.3 Å². The zero-order valence-corrected chi connectivity index (χ0v) is 14.9. The standard InChI is InChI=1S/C17H20N4O2S/c1-4-10-24-17-18-16(23)15-12-8-6-7-9-13(12)20(11(3)22)14(5-2)21(15)19-17/h6-9,14H,4-5,10H2,1-3H3/p+1. The number of hydrogen-bond acceptors (Lipinski definition) is 4. The van der Waals surface area contributed by atoms with Gasteiger partial charge in [0, 0.05) is 24.2 Å². The summed E-state index contributed by atoms with van der Waals surface area (Å²) in [4.78, 5) is 29.6. The fourth-order valence-corrected chi connectivity index (χ4v) is 3.76. The van der Waals surface area contributed by atoms with E-state index in [2.05, 4.69) is 17.0 Å². The average molecular weight is 345 g/mol. The Bertz CT molecular complexity index is 834. The molecule has 1 N–H and O–H groups in total. The van der Waals surface area contributed by atoms with Gasteiger partial charge in [0.05, 0.1) is 11.3 Å². The Morgan fingerprint density at radius 3 is 2.79 bits per heavy atom. The summed E-state index contributed by atoms with van der Waals surface area (Å²) in [5, 5.41) is 5.22. The van der Waals surface area contributed by atoms with Crippen molar-refractivity contribution in [1.82, 2.24) is 10.1 Å². The smallest absolute Gasteiger partial charge is 0.291 e. The van der Waals surface area contributed by atoms with Crippen molar-refractivity contribution in [2.24, 2.45) is 0 Å². The third-order valence-electron chi connectivity index (χ3n) is 4.01. The molecule has 24 heavy (non-hydrogen) atoms. The lowest BCUT2D eigenvalue weighted by Crippen LogP contribution is -2.60. The van der Waals surface area contributed by atoms with Crippen LogP contribution in [0.5, 0.6) is 0 Å². The first-order valence-corrected chi connectivity index (χ1v) is 9.15. The molecule has 1 atom stereocenters. The summed E-state index contributed by atoms with van der Waals surface area (Å²) in [5.74, 6) is 0.823. The van der Waals surface area contributed by atoms with Gasteiger partial charge in [0.15, 0.2) is 0 Å². The number of carbonyl (C=O) groups excluding carboxylic acids is 1. The molecule has 126 valence electrons. The summed E-state index contributed by atoms with van der Waals surface area (Å²) in [6, 6.07) is 7.48. The van der Waals surface area contributed by atoms with E-state index in [-0.39, 0.29) is 17.6 Å². The van der Waals surface area contributed by atoms with Crippen molar-refractivity contribution in [1.29, 1.82) is 0 Å². The van der Waals surface area contributed by atoms with Gasteiger partial charge < -0.3 is 0 Å². The molecule has 0 saturated carbocycles.